The van der Waals surface area contributed by atoms with E-state index in [1.54, 1.807) is 12.2 Å². The minimum absolute atomic E-state index is 0. The van der Waals surface area contributed by atoms with Crippen LogP contribution in [0.15, 0.2) is 81.0 Å². The number of Topliss-reactive ketones (excluding diaryl/α,β-unsaturated/α-hetero) is 1. The van der Waals surface area contributed by atoms with E-state index in [9.17, 15) is 33.6 Å². The number of rotatable bonds is 2. The molecule has 0 aromatic rings. The summed E-state index contributed by atoms with van der Waals surface area (Å²) in [6.45, 7) is 24.5. The first-order chi connectivity index (χ1) is 41.4. The van der Waals surface area contributed by atoms with Crippen LogP contribution in [-0.4, -0.2) is 49.5 Å². The summed E-state index contributed by atoms with van der Waals surface area (Å²) in [6.07, 6.45) is 39.6. The van der Waals surface area contributed by atoms with Crippen LogP contribution in [0.4, 0.5) is 0 Å². The second kappa shape index (κ2) is 31.3. The van der Waals surface area contributed by atoms with E-state index in [4.69, 9.17) is 23.4 Å². The molecule has 4 saturated heterocycles. The van der Waals surface area contributed by atoms with Crippen LogP contribution < -0.4 is 0 Å². The van der Waals surface area contributed by atoms with E-state index in [2.05, 4.69) is 107 Å². The molecule has 0 aromatic carbocycles. The van der Waals surface area contributed by atoms with E-state index >= 15 is 0 Å². The molecule has 520 valence electrons. The number of esters is 4. The van der Waals surface area contributed by atoms with Crippen LogP contribution in [0.5, 0.6) is 0 Å². The summed E-state index contributed by atoms with van der Waals surface area (Å²) in [7, 11) is -1.64. The predicted octanol–water partition coefficient (Wildman–Crippen LogP) is 18.4. The Bertz CT molecular complexity index is 3280. The second-order valence-corrected chi connectivity index (χ2v) is 37.0. The molecule has 12 aliphatic carbocycles. The monoisotopic (exact) mass is 1640 g/mol. The van der Waals surface area contributed by atoms with Crippen LogP contribution in [-0.2, 0) is 188 Å². The Hall–Kier alpha value is -0.498. The molecule has 96 heavy (non-hydrogen) atoms. The third-order valence-electron chi connectivity index (χ3n) is 26.2. The number of allylic oxidation sites excluding steroid dienone is 13. The van der Waals surface area contributed by atoms with Crippen molar-refractivity contribution >= 4 is 49.5 Å². The van der Waals surface area contributed by atoms with Crippen LogP contribution in [0.3, 0.4) is 0 Å². The Kier molecular flexibility index (Phi) is 28.1. The fourth-order valence-corrected chi connectivity index (χ4v) is 21.5. The first kappa shape index (κ1) is 86.1. The van der Waals surface area contributed by atoms with Crippen molar-refractivity contribution in [1.29, 1.82) is 0 Å². The van der Waals surface area contributed by atoms with E-state index in [-0.39, 0.29) is 275 Å². The van der Waals surface area contributed by atoms with Gasteiger partial charge in [0.2, 0.25) is 8.32 Å². The van der Waals surface area contributed by atoms with Gasteiger partial charge in [-0.15, -0.1) is 21.7 Å². The number of hydrogen-bond donors (Lipinski definition) is 0. The fourth-order valence-electron chi connectivity index (χ4n) is 20.5. The third kappa shape index (κ3) is 14.8. The molecule has 4 aliphatic heterocycles. The molecule has 5 saturated carbocycles. The van der Waals surface area contributed by atoms with Gasteiger partial charge in [-0.3, -0.25) is 28.8 Å². The van der Waals surface area contributed by atoms with Gasteiger partial charge in [0.25, 0.3) is 0 Å². The first-order valence-corrected chi connectivity index (χ1v) is 37.4. The molecule has 15 unspecified atom stereocenters. The molecule has 16 aliphatic rings. The molecule has 0 N–H and O–H groups in total. The molecular weight excluding hydrogens is 1520 g/mol. The maximum atomic E-state index is 13.0. The average Bonchev–Trinajstić information content (AvgIpc) is 1.22. The number of carbonyl (C=O) groups is 7. The van der Waals surface area contributed by atoms with Crippen molar-refractivity contribution < 1.29 is 188 Å². The standard InChI is InChI=1S/C21H31O3Si.C18H23O3.2C18H21O3.4CH4.4Y/c1-20-10-6-7-15(20)18-16(9-11-20)21(2)12-8-14(24-25(3,4)5)13-17(21)19(22)23-18;3*1-17-7-3-4-12(17)15-13(6-8-17)18(2)9-5-11(19)10-14(18)16(20)21-15;;;;;;;;/h8,10,16-17H,6-7,9,11-13H2,1-5H3;7,13-14H,3-6,8-10H2,1-2H3;7,10,13H,3-6,8-9H2,1-2H3;5,7,9,13-14H,3-4,6,8,10H2,1-2H3;4*1H4;;;;/q4*-1;;;;;;;;. The van der Waals surface area contributed by atoms with Gasteiger partial charge in [0.05, 0.1) is 23.5 Å². The molecule has 0 aromatic heterocycles. The molecule has 4 heterocycles. The van der Waals surface area contributed by atoms with E-state index in [0.29, 0.717) is 49.5 Å². The molecule has 9 fully saturated rings. The first-order valence-electron chi connectivity index (χ1n) is 34.0. The summed E-state index contributed by atoms with van der Waals surface area (Å²) in [5, 5.41) is 0. The number of fused-ring (bicyclic) bond motifs is 16. The molecule has 12 nitrogen and oxygen atoms in total. The average molecular weight is 1640 g/mol. The van der Waals surface area contributed by atoms with Gasteiger partial charge in [0, 0.05) is 203 Å². The molecule has 4 radical (unpaired) electrons. The van der Waals surface area contributed by atoms with Gasteiger partial charge in [0.1, 0.15) is 28.8 Å². The summed E-state index contributed by atoms with van der Waals surface area (Å²) in [4.78, 5) is 85.5. The van der Waals surface area contributed by atoms with Crippen molar-refractivity contribution in [3.8, 4) is 0 Å². The van der Waals surface area contributed by atoms with E-state index < -0.39 is 8.32 Å². The second-order valence-electron chi connectivity index (χ2n) is 32.5. The Morgan fingerprint density at radius 3 is 1.34 bits per heavy atom. The summed E-state index contributed by atoms with van der Waals surface area (Å²) in [6, 6.07) is 0. The van der Waals surface area contributed by atoms with E-state index in [1.807, 2.05) is 6.08 Å². The Balaban J connectivity index is 0.000000226. The molecule has 0 amide bonds. The van der Waals surface area contributed by atoms with Crippen LogP contribution in [0.25, 0.3) is 0 Å². The van der Waals surface area contributed by atoms with Crippen molar-refractivity contribution in [2.45, 2.75) is 259 Å². The summed E-state index contributed by atoms with van der Waals surface area (Å²) < 4.78 is 29.6. The number of ketones is 3. The maximum absolute atomic E-state index is 13.0. The zero-order valence-electron chi connectivity index (χ0n) is 56.8. The predicted molar refractivity (Wildman–Crippen MR) is 361 cm³/mol. The molecular formula is C79H112O12SiY4-4. The summed E-state index contributed by atoms with van der Waals surface area (Å²) in [5.41, 5.74) is 6.02. The van der Waals surface area contributed by atoms with Gasteiger partial charge < -0.3 is 49.1 Å². The van der Waals surface area contributed by atoms with Gasteiger partial charge in [-0.25, -0.2) is 4.79 Å². The van der Waals surface area contributed by atoms with Crippen molar-refractivity contribution in [2.75, 3.05) is 0 Å². The molecule has 16 rings (SSSR count). The third-order valence-corrected chi connectivity index (χ3v) is 27.0. The molecule has 17 heteroatoms. The van der Waals surface area contributed by atoms with Crippen molar-refractivity contribution in [1.82, 2.24) is 0 Å². The SMILES string of the molecule is C.C.C.C.CC12[CH-]CCC1=C1OC(=O)C3=CC(=O)CCC3(C)C1CC2.CC12[CH-]CCC1=C1OC(=O)C3CC(=O)C=CC3(C)C1CC2.CC12[CH-]CCC1=C1OC(=O)C3CC(=O)CCC3(C)C1CC2.CC12[CH-]CCC1=C1OC(=O)C3CC(O[Si](C)(C)C)=CCC3(C)C1CC2.[Y].[Y].[Y].[Y]. The normalized spacial score (nSPS) is 39.7. The summed E-state index contributed by atoms with van der Waals surface area (Å²) in [5.74, 6) is 5.21. The van der Waals surface area contributed by atoms with Crippen molar-refractivity contribution in [2.24, 2.45) is 84.7 Å². The smallest absolute Gasteiger partial charge is 0.339 e. The number of ether oxygens (including phenoxy) is 4. The summed E-state index contributed by atoms with van der Waals surface area (Å²) >= 11 is 0. The zero-order chi connectivity index (χ0) is 62.5. The van der Waals surface area contributed by atoms with Crippen LogP contribution >= 0.6 is 0 Å². The molecule has 0 bridgehead atoms. The van der Waals surface area contributed by atoms with E-state index in [0.717, 1.165) is 144 Å². The quantitative estimate of drug-likeness (QED) is 0.111. The van der Waals surface area contributed by atoms with Crippen LogP contribution in [0.2, 0.25) is 19.6 Å². The Morgan fingerprint density at radius 1 is 0.448 bits per heavy atom. The minimum Gasteiger partial charge on any atom is -0.548 e. The van der Waals surface area contributed by atoms with E-state index in [1.165, 1.54) is 28.7 Å². The van der Waals surface area contributed by atoms with Crippen LogP contribution in [0.1, 0.15) is 239 Å². The zero-order valence-corrected chi connectivity index (χ0v) is 69.2. The molecule has 0 spiro atoms. The van der Waals surface area contributed by atoms with Gasteiger partial charge in [-0.05, 0) is 93.6 Å². The molecule has 15 atom stereocenters. The number of carbonyl (C=O) groups excluding carboxylic acids is 7. The maximum Gasteiger partial charge on any atom is 0.339 e. The largest absolute Gasteiger partial charge is 0.548 e. The van der Waals surface area contributed by atoms with Gasteiger partial charge in [-0.1, -0.05) is 165 Å². The minimum atomic E-state index is -1.64. The van der Waals surface area contributed by atoms with Gasteiger partial charge >= 0.3 is 23.9 Å². The van der Waals surface area contributed by atoms with Crippen molar-refractivity contribution in [3.05, 3.63) is 107 Å². The van der Waals surface area contributed by atoms with Crippen LogP contribution in [0, 0.1) is 110 Å². The van der Waals surface area contributed by atoms with Gasteiger partial charge in [-0.2, -0.15) is 25.7 Å². The Labute approximate surface area is 679 Å². The van der Waals surface area contributed by atoms with Crippen molar-refractivity contribution in [3.63, 3.8) is 0 Å². The topological polar surface area (TPSA) is 166 Å². The van der Waals surface area contributed by atoms with Gasteiger partial charge in [0.15, 0.2) is 11.6 Å². The number of hydrogen-bond acceptors (Lipinski definition) is 12. The fraction of sp³-hybridized carbons (Fsp3) is 0.684. The Morgan fingerprint density at radius 2 is 0.865 bits per heavy atom.